The van der Waals surface area contributed by atoms with Crippen molar-refractivity contribution in [2.24, 2.45) is 11.3 Å². The van der Waals surface area contributed by atoms with Crippen molar-refractivity contribution in [1.82, 2.24) is 0 Å². The summed E-state index contributed by atoms with van der Waals surface area (Å²) >= 11 is 6.23. The Kier molecular flexibility index (Phi) is 4.77. The molecule has 0 nitrogen and oxygen atoms in total. The summed E-state index contributed by atoms with van der Waals surface area (Å²) in [6, 6.07) is 2.43. The molecule has 0 aliphatic rings. The normalized spacial score (nSPS) is 15.6. The zero-order valence-electron chi connectivity index (χ0n) is 11.7. The van der Waals surface area contributed by atoms with E-state index in [1.165, 1.54) is 12.1 Å². The van der Waals surface area contributed by atoms with Crippen molar-refractivity contribution in [3.8, 4) is 0 Å². The Morgan fingerprint density at radius 2 is 1.72 bits per heavy atom. The number of hydrogen-bond donors (Lipinski definition) is 0. The second-order valence-corrected chi connectivity index (χ2v) is 6.62. The zero-order valence-corrected chi connectivity index (χ0v) is 12.4. The predicted octanol–water partition coefficient (Wildman–Crippen LogP) is 5.63. The molecule has 0 fully saturated rings. The Labute approximate surface area is 113 Å². The van der Waals surface area contributed by atoms with Crippen LogP contribution in [0.2, 0.25) is 0 Å². The number of benzene rings is 1. The molecule has 0 heterocycles. The van der Waals surface area contributed by atoms with E-state index >= 15 is 0 Å². The first-order valence-electron chi connectivity index (χ1n) is 6.22. The largest absolute Gasteiger partial charge is 0.207 e. The first-order chi connectivity index (χ1) is 8.12. The van der Waals surface area contributed by atoms with Crippen molar-refractivity contribution in [2.45, 2.75) is 46.4 Å². The summed E-state index contributed by atoms with van der Waals surface area (Å²) in [4.78, 5) is 0. The lowest BCUT2D eigenvalue weighted by atomic mass is 9.79. The highest BCUT2D eigenvalue weighted by Crippen LogP contribution is 2.37. The minimum absolute atomic E-state index is 0.104. The molecule has 0 aliphatic carbocycles. The van der Waals surface area contributed by atoms with Crippen molar-refractivity contribution >= 4 is 11.6 Å². The van der Waals surface area contributed by atoms with Gasteiger partial charge in [-0.25, -0.2) is 8.78 Å². The Bertz CT molecular complexity index is 421. The topological polar surface area (TPSA) is 0 Å². The van der Waals surface area contributed by atoms with Gasteiger partial charge in [-0.2, -0.15) is 0 Å². The Morgan fingerprint density at radius 1 is 1.17 bits per heavy atom. The van der Waals surface area contributed by atoms with Gasteiger partial charge in [-0.15, -0.1) is 11.6 Å². The summed E-state index contributed by atoms with van der Waals surface area (Å²) in [5.74, 6) is -0.501. The van der Waals surface area contributed by atoms with Crippen LogP contribution in [0.5, 0.6) is 0 Å². The van der Waals surface area contributed by atoms with Crippen molar-refractivity contribution in [3.05, 3.63) is 34.9 Å². The van der Waals surface area contributed by atoms with Gasteiger partial charge in [0.2, 0.25) is 0 Å². The number of alkyl halides is 1. The summed E-state index contributed by atoms with van der Waals surface area (Å²) in [7, 11) is 0. The molecule has 0 amide bonds. The lowest BCUT2D eigenvalue weighted by Gasteiger charge is -2.29. The van der Waals surface area contributed by atoms with Crippen LogP contribution in [-0.4, -0.2) is 0 Å². The molecule has 2 unspecified atom stereocenters. The minimum Gasteiger partial charge on any atom is -0.207 e. The van der Waals surface area contributed by atoms with Crippen molar-refractivity contribution < 1.29 is 8.78 Å². The highest BCUT2D eigenvalue weighted by molar-refractivity contribution is 6.20. The Morgan fingerprint density at radius 3 is 2.22 bits per heavy atom. The maximum absolute atomic E-state index is 13.8. The van der Waals surface area contributed by atoms with E-state index in [2.05, 4.69) is 27.7 Å². The maximum Gasteiger partial charge on any atom is 0.128 e. The Balaban J connectivity index is 2.91. The zero-order chi connectivity index (χ0) is 14.1. The van der Waals surface area contributed by atoms with Crippen LogP contribution >= 0.6 is 11.6 Å². The monoisotopic (exact) mass is 274 g/mol. The summed E-state index contributed by atoms with van der Waals surface area (Å²) in [5, 5.41) is -0.491. The number of aryl methyl sites for hydroxylation is 1. The van der Waals surface area contributed by atoms with Crippen molar-refractivity contribution in [3.63, 3.8) is 0 Å². The number of hydrogen-bond acceptors (Lipinski definition) is 0. The van der Waals surface area contributed by atoms with Gasteiger partial charge < -0.3 is 0 Å². The molecule has 102 valence electrons. The number of rotatable bonds is 3. The van der Waals surface area contributed by atoms with E-state index in [-0.39, 0.29) is 11.0 Å². The summed E-state index contributed by atoms with van der Waals surface area (Å²) in [6.07, 6.45) is 0.629. The van der Waals surface area contributed by atoms with Gasteiger partial charge in [0.25, 0.3) is 0 Å². The molecule has 1 rings (SSSR count). The summed E-state index contributed by atoms with van der Waals surface area (Å²) in [5.41, 5.74) is 0.673. The summed E-state index contributed by atoms with van der Waals surface area (Å²) < 4.78 is 27.2. The van der Waals surface area contributed by atoms with Gasteiger partial charge in [0.05, 0.1) is 5.38 Å². The van der Waals surface area contributed by atoms with E-state index in [9.17, 15) is 8.78 Å². The second-order valence-electron chi connectivity index (χ2n) is 6.09. The van der Waals surface area contributed by atoms with E-state index in [0.29, 0.717) is 17.9 Å². The molecule has 3 heteroatoms. The van der Waals surface area contributed by atoms with Crippen LogP contribution in [0, 0.1) is 29.9 Å². The first-order valence-corrected chi connectivity index (χ1v) is 6.66. The average molecular weight is 275 g/mol. The third-order valence-electron chi connectivity index (χ3n) is 3.65. The average Bonchev–Trinajstić information content (AvgIpc) is 2.21. The second kappa shape index (κ2) is 5.56. The van der Waals surface area contributed by atoms with Crippen molar-refractivity contribution in [2.75, 3.05) is 0 Å². The van der Waals surface area contributed by atoms with Gasteiger partial charge in [0, 0.05) is 5.56 Å². The molecule has 0 radical (unpaired) electrons. The fourth-order valence-corrected chi connectivity index (χ4v) is 2.13. The third kappa shape index (κ3) is 3.68. The molecule has 1 aromatic carbocycles. The summed E-state index contributed by atoms with van der Waals surface area (Å²) in [6.45, 7) is 9.98. The highest BCUT2D eigenvalue weighted by atomic mass is 35.5. The van der Waals surface area contributed by atoms with E-state index < -0.39 is 17.0 Å². The molecule has 1 aromatic rings. The lowest BCUT2D eigenvalue weighted by Crippen LogP contribution is -2.19. The van der Waals surface area contributed by atoms with Gasteiger partial charge in [-0.3, -0.25) is 0 Å². The van der Waals surface area contributed by atoms with Gasteiger partial charge in [-0.05, 0) is 42.4 Å². The van der Waals surface area contributed by atoms with Crippen LogP contribution in [0.1, 0.15) is 50.6 Å². The molecule has 2 atom stereocenters. The fraction of sp³-hybridized carbons (Fsp3) is 0.600. The van der Waals surface area contributed by atoms with Crippen LogP contribution < -0.4 is 0 Å². The standard InChI is InChI=1S/C15H21ClF2/c1-9-6-14(18)11(8-13(9)17)12(16)7-10(2)15(3,4)5/h6,8,10,12H,7H2,1-5H3. The molecule has 0 saturated carbocycles. The van der Waals surface area contributed by atoms with E-state index in [1.54, 1.807) is 6.92 Å². The molecule has 0 saturated heterocycles. The molecular formula is C15H21ClF2. The highest BCUT2D eigenvalue weighted by Gasteiger charge is 2.25. The van der Waals surface area contributed by atoms with E-state index in [0.717, 1.165) is 0 Å². The molecule has 0 aromatic heterocycles. The molecule has 0 spiro atoms. The first kappa shape index (κ1) is 15.4. The minimum atomic E-state index is -0.491. The van der Waals surface area contributed by atoms with Crippen LogP contribution in [0.4, 0.5) is 8.78 Å². The molecule has 0 N–H and O–H groups in total. The molecule has 0 bridgehead atoms. The van der Waals surface area contributed by atoms with E-state index in [1.807, 2.05) is 0 Å². The van der Waals surface area contributed by atoms with Gasteiger partial charge in [0.1, 0.15) is 11.6 Å². The predicted molar refractivity (Wildman–Crippen MR) is 72.9 cm³/mol. The molecule has 0 aliphatic heterocycles. The van der Waals surface area contributed by atoms with Crippen LogP contribution in [-0.2, 0) is 0 Å². The van der Waals surface area contributed by atoms with Gasteiger partial charge in [-0.1, -0.05) is 27.7 Å². The van der Waals surface area contributed by atoms with Crippen LogP contribution in [0.15, 0.2) is 12.1 Å². The SMILES string of the molecule is Cc1cc(F)c(C(Cl)CC(C)C(C)(C)C)cc1F. The molecular weight excluding hydrogens is 254 g/mol. The van der Waals surface area contributed by atoms with Gasteiger partial charge >= 0.3 is 0 Å². The maximum atomic E-state index is 13.8. The lowest BCUT2D eigenvalue weighted by molar-refractivity contribution is 0.244. The molecule has 18 heavy (non-hydrogen) atoms. The third-order valence-corrected chi connectivity index (χ3v) is 4.07. The van der Waals surface area contributed by atoms with Crippen LogP contribution in [0.3, 0.4) is 0 Å². The van der Waals surface area contributed by atoms with Gasteiger partial charge in [0.15, 0.2) is 0 Å². The van der Waals surface area contributed by atoms with E-state index in [4.69, 9.17) is 11.6 Å². The smallest absolute Gasteiger partial charge is 0.128 e. The van der Waals surface area contributed by atoms with Crippen LogP contribution in [0.25, 0.3) is 0 Å². The fourth-order valence-electron chi connectivity index (χ4n) is 1.69. The van der Waals surface area contributed by atoms with Crippen molar-refractivity contribution in [1.29, 1.82) is 0 Å². The Hall–Kier alpha value is -0.630. The number of halogens is 3. The quantitative estimate of drug-likeness (QED) is 0.627.